The average molecular weight is 242 g/mol. The SMILES string of the molecule is CN(C)CCCNC(=O)c1cccc(Cl)n1. The molecule has 0 aliphatic rings. The van der Waals surface area contributed by atoms with Crippen LogP contribution in [0, 0.1) is 0 Å². The smallest absolute Gasteiger partial charge is 0.269 e. The predicted octanol–water partition coefficient (Wildman–Crippen LogP) is 1.42. The molecule has 16 heavy (non-hydrogen) atoms. The van der Waals surface area contributed by atoms with Gasteiger partial charge in [0, 0.05) is 6.54 Å². The van der Waals surface area contributed by atoms with E-state index in [0.717, 1.165) is 13.0 Å². The van der Waals surface area contributed by atoms with Crippen LogP contribution in [0.4, 0.5) is 0 Å². The van der Waals surface area contributed by atoms with Crippen LogP contribution in [0.15, 0.2) is 18.2 Å². The van der Waals surface area contributed by atoms with Gasteiger partial charge in [0.2, 0.25) is 0 Å². The molecule has 0 radical (unpaired) electrons. The Morgan fingerprint density at radius 1 is 1.50 bits per heavy atom. The van der Waals surface area contributed by atoms with Crippen LogP contribution in [-0.4, -0.2) is 43.0 Å². The van der Waals surface area contributed by atoms with Gasteiger partial charge >= 0.3 is 0 Å². The predicted molar refractivity (Wildman–Crippen MR) is 64.8 cm³/mol. The zero-order valence-corrected chi connectivity index (χ0v) is 10.3. The quantitative estimate of drug-likeness (QED) is 0.627. The molecule has 0 bridgehead atoms. The van der Waals surface area contributed by atoms with Gasteiger partial charge in [-0.05, 0) is 39.2 Å². The first-order valence-corrected chi connectivity index (χ1v) is 5.53. The Morgan fingerprint density at radius 2 is 2.25 bits per heavy atom. The Kier molecular flexibility index (Phi) is 5.22. The summed E-state index contributed by atoms with van der Waals surface area (Å²) >= 11 is 5.69. The van der Waals surface area contributed by atoms with Crippen molar-refractivity contribution in [3.8, 4) is 0 Å². The molecule has 1 heterocycles. The molecule has 0 aliphatic carbocycles. The number of carbonyl (C=O) groups is 1. The van der Waals surface area contributed by atoms with Crippen molar-refractivity contribution in [2.45, 2.75) is 6.42 Å². The minimum Gasteiger partial charge on any atom is -0.351 e. The number of hydrogen-bond donors (Lipinski definition) is 1. The van der Waals surface area contributed by atoms with Gasteiger partial charge in [0.05, 0.1) is 0 Å². The lowest BCUT2D eigenvalue weighted by atomic mass is 10.3. The Labute approximate surface area is 101 Å². The van der Waals surface area contributed by atoms with Crippen LogP contribution >= 0.6 is 11.6 Å². The Morgan fingerprint density at radius 3 is 2.88 bits per heavy atom. The number of rotatable bonds is 5. The number of hydrogen-bond acceptors (Lipinski definition) is 3. The number of carbonyl (C=O) groups excluding carboxylic acids is 1. The maximum Gasteiger partial charge on any atom is 0.269 e. The van der Waals surface area contributed by atoms with E-state index in [0.29, 0.717) is 17.4 Å². The monoisotopic (exact) mass is 241 g/mol. The maximum atomic E-state index is 11.6. The molecule has 0 spiro atoms. The lowest BCUT2D eigenvalue weighted by molar-refractivity contribution is 0.0947. The molecular formula is C11H16ClN3O. The molecular weight excluding hydrogens is 226 g/mol. The molecule has 0 fully saturated rings. The van der Waals surface area contributed by atoms with Crippen LogP contribution in [0.3, 0.4) is 0 Å². The van der Waals surface area contributed by atoms with E-state index in [-0.39, 0.29) is 5.91 Å². The fraction of sp³-hybridized carbons (Fsp3) is 0.455. The number of nitrogens with one attached hydrogen (secondary N) is 1. The number of amides is 1. The third kappa shape index (κ3) is 4.59. The number of halogens is 1. The lowest BCUT2D eigenvalue weighted by Crippen LogP contribution is -2.27. The largest absolute Gasteiger partial charge is 0.351 e. The van der Waals surface area contributed by atoms with Crippen LogP contribution in [0.25, 0.3) is 0 Å². The van der Waals surface area contributed by atoms with Crippen molar-refractivity contribution < 1.29 is 4.79 Å². The summed E-state index contributed by atoms with van der Waals surface area (Å²) in [6.07, 6.45) is 0.916. The van der Waals surface area contributed by atoms with E-state index < -0.39 is 0 Å². The van der Waals surface area contributed by atoms with Crippen LogP contribution < -0.4 is 5.32 Å². The summed E-state index contributed by atoms with van der Waals surface area (Å²) in [5.41, 5.74) is 0.359. The maximum absolute atomic E-state index is 11.6. The molecule has 4 nitrogen and oxygen atoms in total. The molecule has 5 heteroatoms. The molecule has 1 amide bonds. The van der Waals surface area contributed by atoms with Crippen LogP contribution in [0.1, 0.15) is 16.9 Å². The summed E-state index contributed by atoms with van der Waals surface area (Å²) in [6.45, 7) is 1.59. The van der Waals surface area contributed by atoms with Gasteiger partial charge in [-0.1, -0.05) is 17.7 Å². The third-order valence-electron chi connectivity index (χ3n) is 2.02. The second-order valence-corrected chi connectivity index (χ2v) is 4.15. The van der Waals surface area contributed by atoms with Gasteiger partial charge in [0.15, 0.2) is 0 Å². The van der Waals surface area contributed by atoms with Gasteiger partial charge in [-0.2, -0.15) is 0 Å². The first-order chi connectivity index (χ1) is 7.59. The topological polar surface area (TPSA) is 45.2 Å². The van der Waals surface area contributed by atoms with E-state index in [1.807, 2.05) is 14.1 Å². The zero-order chi connectivity index (χ0) is 12.0. The summed E-state index contributed by atoms with van der Waals surface area (Å²) in [7, 11) is 4.00. The second kappa shape index (κ2) is 6.45. The highest BCUT2D eigenvalue weighted by atomic mass is 35.5. The Balaban J connectivity index is 2.35. The normalized spacial score (nSPS) is 10.5. The standard InChI is InChI=1S/C11H16ClN3O/c1-15(2)8-4-7-13-11(16)9-5-3-6-10(12)14-9/h3,5-6H,4,7-8H2,1-2H3,(H,13,16). The molecule has 0 aliphatic heterocycles. The summed E-state index contributed by atoms with van der Waals surface area (Å²) < 4.78 is 0. The first-order valence-electron chi connectivity index (χ1n) is 5.15. The summed E-state index contributed by atoms with van der Waals surface area (Å²) in [6, 6.07) is 5.00. The van der Waals surface area contributed by atoms with E-state index in [2.05, 4.69) is 15.2 Å². The minimum atomic E-state index is -0.179. The number of nitrogens with zero attached hydrogens (tertiary/aromatic N) is 2. The van der Waals surface area contributed by atoms with Crippen molar-refractivity contribution in [2.24, 2.45) is 0 Å². The third-order valence-corrected chi connectivity index (χ3v) is 2.23. The number of pyridine rings is 1. The highest BCUT2D eigenvalue weighted by Gasteiger charge is 2.06. The Hall–Kier alpha value is -1.13. The van der Waals surface area contributed by atoms with Gasteiger partial charge in [-0.3, -0.25) is 4.79 Å². The molecule has 0 saturated heterocycles. The molecule has 1 N–H and O–H groups in total. The van der Waals surface area contributed by atoms with Crippen molar-refractivity contribution >= 4 is 17.5 Å². The molecule has 88 valence electrons. The Bertz CT molecular complexity index is 355. The minimum absolute atomic E-state index is 0.179. The number of aromatic nitrogens is 1. The highest BCUT2D eigenvalue weighted by Crippen LogP contribution is 2.04. The van der Waals surface area contributed by atoms with E-state index in [4.69, 9.17) is 11.6 Å². The lowest BCUT2D eigenvalue weighted by Gasteiger charge is -2.09. The molecule has 0 saturated carbocycles. The van der Waals surface area contributed by atoms with Gasteiger partial charge in [-0.15, -0.1) is 0 Å². The van der Waals surface area contributed by atoms with E-state index in [1.165, 1.54) is 0 Å². The fourth-order valence-electron chi connectivity index (χ4n) is 1.22. The summed E-state index contributed by atoms with van der Waals surface area (Å²) in [5.74, 6) is -0.179. The van der Waals surface area contributed by atoms with Crippen molar-refractivity contribution in [1.82, 2.24) is 15.2 Å². The van der Waals surface area contributed by atoms with Crippen molar-refractivity contribution in [1.29, 1.82) is 0 Å². The molecule has 0 unspecified atom stereocenters. The molecule has 0 atom stereocenters. The van der Waals surface area contributed by atoms with Gasteiger partial charge in [-0.25, -0.2) is 4.98 Å². The summed E-state index contributed by atoms with van der Waals surface area (Å²) in [4.78, 5) is 17.6. The first kappa shape index (κ1) is 12.9. The second-order valence-electron chi connectivity index (χ2n) is 3.76. The van der Waals surface area contributed by atoms with E-state index in [9.17, 15) is 4.79 Å². The van der Waals surface area contributed by atoms with Crippen LogP contribution in [-0.2, 0) is 0 Å². The molecule has 0 aromatic carbocycles. The molecule has 1 aromatic heterocycles. The van der Waals surface area contributed by atoms with E-state index >= 15 is 0 Å². The summed E-state index contributed by atoms with van der Waals surface area (Å²) in [5, 5.41) is 3.13. The highest BCUT2D eigenvalue weighted by molar-refractivity contribution is 6.29. The van der Waals surface area contributed by atoms with Gasteiger partial charge in [0.25, 0.3) is 5.91 Å². The van der Waals surface area contributed by atoms with Crippen molar-refractivity contribution in [3.63, 3.8) is 0 Å². The van der Waals surface area contributed by atoms with E-state index in [1.54, 1.807) is 18.2 Å². The fourth-order valence-corrected chi connectivity index (χ4v) is 1.39. The zero-order valence-electron chi connectivity index (χ0n) is 9.53. The van der Waals surface area contributed by atoms with Crippen molar-refractivity contribution in [2.75, 3.05) is 27.2 Å². The van der Waals surface area contributed by atoms with Gasteiger partial charge < -0.3 is 10.2 Å². The van der Waals surface area contributed by atoms with Gasteiger partial charge in [0.1, 0.15) is 10.8 Å². The molecule has 1 rings (SSSR count). The molecule has 1 aromatic rings. The van der Waals surface area contributed by atoms with Crippen LogP contribution in [0.5, 0.6) is 0 Å². The van der Waals surface area contributed by atoms with Crippen molar-refractivity contribution in [3.05, 3.63) is 29.0 Å². The van der Waals surface area contributed by atoms with Crippen LogP contribution in [0.2, 0.25) is 5.15 Å². The average Bonchev–Trinajstić information content (AvgIpc) is 2.24.